The van der Waals surface area contributed by atoms with E-state index in [0.29, 0.717) is 22.2 Å². The zero-order valence-corrected chi connectivity index (χ0v) is 15.8. The van der Waals surface area contributed by atoms with E-state index in [0.717, 1.165) is 22.2 Å². The third kappa shape index (κ3) is 3.32. The quantitative estimate of drug-likeness (QED) is 0.543. The Morgan fingerprint density at radius 1 is 1.21 bits per heavy atom. The Kier molecular flexibility index (Phi) is 4.53. The molecular weight excluding hydrogens is 369 g/mol. The van der Waals surface area contributed by atoms with Crippen molar-refractivity contribution >= 4 is 22.4 Å². The summed E-state index contributed by atoms with van der Waals surface area (Å²) in [5, 5.41) is 21.8. The first kappa shape index (κ1) is 18.3. The number of hydrogen-bond donors (Lipinski definition) is 1. The van der Waals surface area contributed by atoms with Gasteiger partial charge < -0.3 is 0 Å². The van der Waals surface area contributed by atoms with Gasteiger partial charge in [0.25, 0.3) is 5.56 Å². The fourth-order valence-corrected chi connectivity index (χ4v) is 3.25. The van der Waals surface area contributed by atoms with E-state index >= 15 is 0 Å². The average molecular weight is 385 g/mol. The molecule has 0 amide bonds. The maximum absolute atomic E-state index is 13.2. The highest BCUT2D eigenvalue weighted by Crippen LogP contribution is 2.29. The third-order valence-electron chi connectivity index (χ3n) is 4.83. The molecule has 0 unspecified atom stereocenters. The number of aryl methyl sites for hydroxylation is 2. The highest BCUT2D eigenvalue weighted by molar-refractivity contribution is 5.94. The number of allylic oxidation sites excluding steroid dienone is 1. The number of nitriles is 1. The Labute approximate surface area is 165 Å². The molecule has 142 valence electrons. The highest BCUT2D eigenvalue weighted by Gasteiger charge is 2.13. The van der Waals surface area contributed by atoms with Crippen LogP contribution in [-0.2, 0) is 7.05 Å². The Balaban J connectivity index is 1.87. The minimum absolute atomic E-state index is 0.244. The van der Waals surface area contributed by atoms with Gasteiger partial charge in [-0.2, -0.15) is 15.5 Å². The van der Waals surface area contributed by atoms with Crippen LogP contribution in [0.3, 0.4) is 0 Å². The highest BCUT2D eigenvalue weighted by atomic mass is 19.1. The van der Waals surface area contributed by atoms with Crippen LogP contribution < -0.4 is 5.56 Å². The van der Waals surface area contributed by atoms with Crippen molar-refractivity contribution in [3.8, 4) is 17.2 Å². The van der Waals surface area contributed by atoms with Crippen LogP contribution in [0.25, 0.3) is 33.5 Å². The van der Waals surface area contributed by atoms with Gasteiger partial charge >= 0.3 is 0 Å². The molecule has 1 N–H and O–H groups in total. The summed E-state index contributed by atoms with van der Waals surface area (Å²) in [7, 11) is 1.79. The van der Waals surface area contributed by atoms with E-state index in [1.807, 2.05) is 19.1 Å². The van der Waals surface area contributed by atoms with Crippen molar-refractivity contribution in [1.29, 1.82) is 5.26 Å². The summed E-state index contributed by atoms with van der Waals surface area (Å²) in [6.07, 6.45) is 3.44. The molecule has 6 nitrogen and oxygen atoms in total. The number of nitrogens with zero attached hydrogens (tertiary/aromatic N) is 4. The van der Waals surface area contributed by atoms with Crippen LogP contribution in [0.2, 0.25) is 0 Å². The topological polar surface area (TPSA) is 87.4 Å². The van der Waals surface area contributed by atoms with Crippen LogP contribution in [0.15, 0.2) is 53.5 Å². The molecular formula is C22H16FN5O. The molecule has 2 aromatic heterocycles. The number of halogens is 1. The van der Waals surface area contributed by atoms with Gasteiger partial charge in [0.15, 0.2) is 0 Å². The number of benzene rings is 2. The van der Waals surface area contributed by atoms with Crippen LogP contribution in [0.4, 0.5) is 4.39 Å². The van der Waals surface area contributed by atoms with E-state index in [1.165, 1.54) is 12.1 Å². The Bertz CT molecular complexity index is 1360. The molecule has 2 heterocycles. The number of rotatable bonds is 3. The summed E-state index contributed by atoms with van der Waals surface area (Å²) in [4.78, 5) is 12.0. The van der Waals surface area contributed by atoms with Gasteiger partial charge in [0.2, 0.25) is 0 Å². The lowest BCUT2D eigenvalue weighted by atomic mass is 9.99. The molecule has 0 atom stereocenters. The third-order valence-corrected chi connectivity index (χ3v) is 4.83. The zero-order chi connectivity index (χ0) is 20.5. The van der Waals surface area contributed by atoms with Gasteiger partial charge in [-0.1, -0.05) is 18.2 Å². The van der Waals surface area contributed by atoms with Crippen LogP contribution in [0.5, 0.6) is 0 Å². The van der Waals surface area contributed by atoms with Gasteiger partial charge in [-0.05, 0) is 48.4 Å². The predicted octanol–water partition coefficient (Wildman–Crippen LogP) is 3.84. The van der Waals surface area contributed by atoms with E-state index in [9.17, 15) is 14.4 Å². The van der Waals surface area contributed by atoms with Crippen molar-refractivity contribution in [2.75, 3.05) is 0 Å². The average Bonchev–Trinajstić information content (AvgIpc) is 3.09. The zero-order valence-electron chi connectivity index (χ0n) is 15.8. The number of nitrogens with one attached hydrogen (secondary N) is 1. The molecule has 0 aliphatic rings. The van der Waals surface area contributed by atoms with Crippen molar-refractivity contribution in [2.45, 2.75) is 6.92 Å². The fourth-order valence-electron chi connectivity index (χ4n) is 3.25. The molecule has 7 heteroatoms. The number of fused-ring (bicyclic) bond motifs is 1. The predicted molar refractivity (Wildman–Crippen MR) is 109 cm³/mol. The summed E-state index contributed by atoms with van der Waals surface area (Å²) in [5.74, 6) is -0.359. The van der Waals surface area contributed by atoms with Crippen molar-refractivity contribution in [2.24, 2.45) is 7.05 Å². The maximum atomic E-state index is 13.2. The van der Waals surface area contributed by atoms with Gasteiger partial charge in [0.05, 0.1) is 34.6 Å². The van der Waals surface area contributed by atoms with E-state index in [2.05, 4.69) is 21.4 Å². The van der Waals surface area contributed by atoms with E-state index in [1.54, 1.807) is 42.2 Å². The monoisotopic (exact) mass is 385 g/mol. The molecule has 0 saturated carbocycles. The molecule has 4 aromatic rings. The van der Waals surface area contributed by atoms with Gasteiger partial charge in [-0.15, -0.1) is 0 Å². The van der Waals surface area contributed by atoms with Crippen LogP contribution in [0.1, 0.15) is 17.0 Å². The summed E-state index contributed by atoms with van der Waals surface area (Å²) in [5.41, 5.74) is 3.86. The molecule has 0 aliphatic heterocycles. The van der Waals surface area contributed by atoms with E-state index in [-0.39, 0.29) is 11.4 Å². The molecule has 2 aromatic carbocycles. The Hall–Kier alpha value is -4.05. The van der Waals surface area contributed by atoms with Gasteiger partial charge in [-0.25, -0.2) is 9.49 Å². The minimum atomic E-state index is -0.359. The second-order valence-electron chi connectivity index (χ2n) is 6.64. The Morgan fingerprint density at radius 2 is 1.97 bits per heavy atom. The van der Waals surface area contributed by atoms with Gasteiger partial charge in [0, 0.05) is 18.0 Å². The number of aromatic amines is 1. The van der Waals surface area contributed by atoms with Crippen LogP contribution in [0, 0.1) is 24.1 Å². The van der Waals surface area contributed by atoms with Crippen molar-refractivity contribution in [3.05, 3.63) is 81.8 Å². The minimum Gasteiger partial charge on any atom is -0.268 e. The lowest BCUT2D eigenvalue weighted by Gasteiger charge is -2.07. The van der Waals surface area contributed by atoms with E-state index < -0.39 is 0 Å². The number of hydrogen-bond acceptors (Lipinski definition) is 4. The van der Waals surface area contributed by atoms with Crippen LogP contribution in [-0.4, -0.2) is 20.0 Å². The lowest BCUT2D eigenvalue weighted by molar-refractivity contribution is 0.627. The van der Waals surface area contributed by atoms with E-state index in [4.69, 9.17) is 0 Å². The first-order chi connectivity index (χ1) is 14.0. The first-order valence-corrected chi connectivity index (χ1v) is 8.87. The normalized spacial score (nSPS) is 11.6. The summed E-state index contributed by atoms with van der Waals surface area (Å²) >= 11 is 0. The molecule has 4 rings (SSSR count). The lowest BCUT2D eigenvalue weighted by Crippen LogP contribution is -2.09. The summed E-state index contributed by atoms with van der Waals surface area (Å²) in [6, 6.07) is 13.4. The van der Waals surface area contributed by atoms with Gasteiger partial charge in [-0.3, -0.25) is 9.48 Å². The maximum Gasteiger partial charge on any atom is 0.272 e. The van der Waals surface area contributed by atoms with Crippen molar-refractivity contribution < 1.29 is 4.39 Å². The molecule has 0 spiro atoms. The number of aromatic nitrogens is 4. The molecule has 0 aliphatic carbocycles. The SMILES string of the molecule is Cc1n[nH]c(=O)c2ccc(-c3cnn(C)c3C=C(C#N)c3ccc(F)cc3)cc12. The molecule has 29 heavy (non-hydrogen) atoms. The number of H-pyrrole nitrogens is 1. The fraction of sp³-hybridized carbons (Fsp3) is 0.0909. The summed E-state index contributed by atoms with van der Waals surface area (Å²) < 4.78 is 14.9. The standard InChI is InChI=1S/C22H16FN5O/c1-13-19-9-15(5-8-18(19)22(29)27-26-13)20-12-25-28(2)21(20)10-16(11-24)14-3-6-17(23)7-4-14/h3-10,12H,1-2H3,(H,27,29). The van der Waals surface area contributed by atoms with Crippen molar-refractivity contribution in [1.82, 2.24) is 20.0 Å². The largest absolute Gasteiger partial charge is 0.272 e. The molecule has 0 radical (unpaired) electrons. The van der Waals surface area contributed by atoms with Crippen molar-refractivity contribution in [3.63, 3.8) is 0 Å². The second kappa shape index (κ2) is 7.17. The second-order valence-corrected chi connectivity index (χ2v) is 6.64. The summed E-state index contributed by atoms with van der Waals surface area (Å²) in [6.45, 7) is 1.83. The smallest absolute Gasteiger partial charge is 0.268 e. The molecule has 0 saturated heterocycles. The first-order valence-electron chi connectivity index (χ1n) is 8.87. The molecule has 0 fully saturated rings. The Morgan fingerprint density at radius 3 is 2.69 bits per heavy atom. The van der Waals surface area contributed by atoms with Crippen LogP contribution >= 0.6 is 0 Å². The molecule has 0 bridgehead atoms. The van der Waals surface area contributed by atoms with Gasteiger partial charge in [0.1, 0.15) is 5.82 Å².